The number of rotatable bonds is 8. The first-order chi connectivity index (χ1) is 21.7. The first-order valence-corrected chi connectivity index (χ1v) is 16.9. The summed E-state index contributed by atoms with van der Waals surface area (Å²) in [4.78, 5) is 17.5. The Bertz CT molecular complexity index is 1600. The molecule has 0 bridgehead atoms. The number of aromatic nitrogens is 1. The summed E-state index contributed by atoms with van der Waals surface area (Å²) in [5, 5.41) is 14.5. The van der Waals surface area contributed by atoms with Crippen LogP contribution in [0, 0.1) is 11.8 Å². The Kier molecular flexibility index (Phi) is 7.87. The van der Waals surface area contributed by atoms with E-state index in [1.807, 2.05) is 31.3 Å². The third kappa shape index (κ3) is 5.51. The molecule has 2 aromatic carbocycles. The van der Waals surface area contributed by atoms with Crippen molar-refractivity contribution in [2.24, 2.45) is 11.8 Å². The van der Waals surface area contributed by atoms with Gasteiger partial charge in [-0.1, -0.05) is 31.5 Å². The molecule has 1 saturated carbocycles. The van der Waals surface area contributed by atoms with Gasteiger partial charge in [0.25, 0.3) is 0 Å². The van der Waals surface area contributed by atoms with E-state index in [0.29, 0.717) is 42.2 Å². The lowest BCUT2D eigenvalue weighted by Crippen LogP contribution is -2.53. The minimum absolute atomic E-state index is 0.146. The van der Waals surface area contributed by atoms with Crippen molar-refractivity contribution in [1.29, 1.82) is 0 Å². The minimum atomic E-state index is -1.06. The lowest BCUT2D eigenvalue weighted by atomic mass is 9.59. The van der Waals surface area contributed by atoms with Crippen LogP contribution in [0.25, 0.3) is 0 Å². The number of hydrogen-bond donors (Lipinski definition) is 2. The molecular weight excluding hydrogens is 588 g/mol. The number of aliphatic carboxylic acids is 1. The van der Waals surface area contributed by atoms with Crippen molar-refractivity contribution in [2.75, 3.05) is 11.9 Å². The molecule has 238 valence electrons. The molecule has 0 saturated heterocycles. The Labute approximate surface area is 270 Å². The number of ether oxygens (including phenoxy) is 3. The van der Waals surface area contributed by atoms with Crippen molar-refractivity contribution < 1.29 is 24.1 Å². The number of fused-ring (bicyclic) bond motifs is 4. The Morgan fingerprint density at radius 2 is 1.91 bits per heavy atom. The number of benzene rings is 2. The van der Waals surface area contributed by atoms with Crippen LogP contribution in [-0.2, 0) is 23.1 Å². The molecule has 7 rings (SSSR count). The average molecular weight is 631 g/mol. The highest BCUT2D eigenvalue weighted by molar-refractivity contribution is 6.30. The Balaban J connectivity index is 1.14. The van der Waals surface area contributed by atoms with E-state index in [9.17, 15) is 9.90 Å². The fourth-order valence-corrected chi connectivity index (χ4v) is 8.87. The maximum absolute atomic E-state index is 12.9. The smallest absolute Gasteiger partial charge is 0.329 e. The van der Waals surface area contributed by atoms with Gasteiger partial charge in [0, 0.05) is 35.1 Å². The van der Waals surface area contributed by atoms with Crippen molar-refractivity contribution in [3.8, 4) is 17.2 Å². The highest BCUT2D eigenvalue weighted by atomic mass is 35.5. The number of aryl methyl sites for hydroxylation is 1. The summed E-state index contributed by atoms with van der Waals surface area (Å²) in [6.45, 7) is 7.12. The minimum Gasteiger partial charge on any atom is -0.493 e. The monoisotopic (exact) mass is 630 g/mol. The van der Waals surface area contributed by atoms with Gasteiger partial charge in [0.15, 0.2) is 11.5 Å². The quantitative estimate of drug-likeness (QED) is 0.259. The highest BCUT2D eigenvalue weighted by Crippen LogP contribution is 2.58. The Morgan fingerprint density at radius 3 is 2.67 bits per heavy atom. The van der Waals surface area contributed by atoms with E-state index >= 15 is 0 Å². The number of hydrogen-bond acceptors (Lipinski definition) is 6. The van der Waals surface area contributed by atoms with Gasteiger partial charge < -0.3 is 24.6 Å². The van der Waals surface area contributed by atoms with E-state index < -0.39 is 11.5 Å². The standard InChI is InChI=1S/C37H43ClN2O5/c1-22(21-43-31-10-15-39-30-9-4-6-23(2)34(30)31)16-26-17-25-18-32-33(45-24(3)44-32)20-29(25)36(26)11-13-37(14-12-36,35(41)42)40-28-8-5-7-27(38)19-28/h5,7-8,10,15,18-20,22-24,26,40H,4,6,9,11-14,16-17,21H2,1-3H3,(H,41,42)/t22-,23-,24?,26?,36?,37?/m1/s1. The Morgan fingerprint density at radius 1 is 1.13 bits per heavy atom. The molecule has 7 nitrogen and oxygen atoms in total. The topological polar surface area (TPSA) is 89.9 Å². The molecule has 45 heavy (non-hydrogen) atoms. The lowest BCUT2D eigenvalue weighted by molar-refractivity contribution is -0.144. The number of anilines is 1. The first-order valence-electron chi connectivity index (χ1n) is 16.5. The molecule has 1 spiro atoms. The molecule has 0 radical (unpaired) electrons. The molecule has 8 heteroatoms. The van der Waals surface area contributed by atoms with Gasteiger partial charge in [0.1, 0.15) is 11.3 Å². The van der Waals surface area contributed by atoms with Crippen LogP contribution in [0.15, 0.2) is 48.7 Å². The largest absolute Gasteiger partial charge is 0.493 e. The van der Waals surface area contributed by atoms with Crippen molar-refractivity contribution in [3.05, 3.63) is 76.1 Å². The van der Waals surface area contributed by atoms with Crippen molar-refractivity contribution >= 4 is 23.3 Å². The van der Waals surface area contributed by atoms with Crippen LogP contribution >= 0.6 is 11.6 Å². The molecule has 1 aromatic heterocycles. The normalized spacial score (nSPS) is 28.8. The molecule has 1 aliphatic heterocycles. The third-order valence-electron chi connectivity index (χ3n) is 10.9. The van der Waals surface area contributed by atoms with E-state index in [1.54, 1.807) is 12.1 Å². The van der Waals surface area contributed by atoms with E-state index in [0.717, 1.165) is 55.0 Å². The van der Waals surface area contributed by atoms with Crippen molar-refractivity contribution in [2.45, 2.75) is 102 Å². The summed E-state index contributed by atoms with van der Waals surface area (Å²) >= 11 is 6.25. The van der Waals surface area contributed by atoms with Gasteiger partial charge in [-0.25, -0.2) is 4.79 Å². The van der Waals surface area contributed by atoms with Crippen LogP contribution in [-0.4, -0.2) is 34.5 Å². The average Bonchev–Trinajstić information content (AvgIpc) is 3.51. The van der Waals surface area contributed by atoms with E-state index in [4.69, 9.17) is 25.8 Å². The number of halogens is 1. The summed E-state index contributed by atoms with van der Waals surface area (Å²) in [7, 11) is 0. The fraction of sp³-hybridized carbons (Fsp3) is 0.514. The van der Waals surface area contributed by atoms with Gasteiger partial charge in [-0.05, 0) is 128 Å². The van der Waals surface area contributed by atoms with Crippen LogP contribution in [0.1, 0.15) is 94.0 Å². The highest BCUT2D eigenvalue weighted by Gasteiger charge is 2.54. The number of nitrogens with zero attached hydrogens (tertiary/aromatic N) is 1. The van der Waals surface area contributed by atoms with Gasteiger partial charge in [0.2, 0.25) is 6.29 Å². The molecule has 0 amide bonds. The number of carboxylic acid groups (broad SMARTS) is 1. The molecule has 1 fully saturated rings. The molecular formula is C37H43ClN2O5. The number of carboxylic acids is 1. The second-order valence-electron chi connectivity index (χ2n) is 14.0. The zero-order chi connectivity index (χ0) is 31.3. The van der Waals surface area contributed by atoms with Gasteiger partial charge in [-0.2, -0.15) is 0 Å². The van der Waals surface area contributed by atoms with Crippen molar-refractivity contribution in [3.63, 3.8) is 0 Å². The second kappa shape index (κ2) is 11.7. The van der Waals surface area contributed by atoms with Crippen LogP contribution in [0.3, 0.4) is 0 Å². The van der Waals surface area contributed by atoms with Crippen LogP contribution in [0.2, 0.25) is 5.02 Å². The maximum atomic E-state index is 12.9. The molecule has 4 atom stereocenters. The third-order valence-corrected chi connectivity index (χ3v) is 11.2. The molecule has 4 aliphatic rings. The molecule has 3 aromatic rings. The van der Waals surface area contributed by atoms with Crippen LogP contribution < -0.4 is 19.5 Å². The zero-order valence-electron chi connectivity index (χ0n) is 26.4. The number of carbonyl (C=O) groups is 1. The SMILES string of the molecule is CC1Oc2cc3c(cc2O1)C1(CCC(Nc2cccc(Cl)c2)(C(=O)O)CC1)C(C[C@@H](C)COc1ccnc2c1[C@H](C)CCC2)C3. The number of pyridine rings is 1. The van der Waals surface area contributed by atoms with E-state index in [2.05, 4.69) is 36.3 Å². The number of nitrogens with one attached hydrogen (secondary N) is 1. The molecule has 2 N–H and O–H groups in total. The lowest BCUT2D eigenvalue weighted by Gasteiger charge is -2.47. The summed E-state index contributed by atoms with van der Waals surface area (Å²) in [6, 6.07) is 13.7. The van der Waals surface area contributed by atoms with Crippen LogP contribution in [0.4, 0.5) is 5.69 Å². The van der Waals surface area contributed by atoms with Crippen LogP contribution in [0.5, 0.6) is 17.2 Å². The molecule has 3 aliphatic carbocycles. The maximum Gasteiger partial charge on any atom is 0.329 e. The second-order valence-corrected chi connectivity index (χ2v) is 14.4. The van der Waals surface area contributed by atoms with Gasteiger partial charge in [-0.3, -0.25) is 4.98 Å². The van der Waals surface area contributed by atoms with Crippen molar-refractivity contribution in [1.82, 2.24) is 4.98 Å². The van der Waals surface area contributed by atoms with Gasteiger partial charge in [-0.15, -0.1) is 0 Å². The summed E-state index contributed by atoms with van der Waals surface area (Å²) in [6.07, 6.45) is 9.45. The summed E-state index contributed by atoms with van der Waals surface area (Å²) < 4.78 is 18.5. The molecule has 2 unspecified atom stereocenters. The fourth-order valence-electron chi connectivity index (χ4n) is 8.68. The van der Waals surface area contributed by atoms with E-state index in [-0.39, 0.29) is 11.7 Å². The first kappa shape index (κ1) is 30.2. The summed E-state index contributed by atoms with van der Waals surface area (Å²) in [5.41, 5.74) is 4.61. The van der Waals surface area contributed by atoms with E-state index in [1.165, 1.54) is 35.2 Å². The predicted molar refractivity (Wildman–Crippen MR) is 175 cm³/mol. The Hall–Kier alpha value is -3.45. The zero-order valence-corrected chi connectivity index (χ0v) is 27.2. The summed E-state index contributed by atoms with van der Waals surface area (Å²) in [5.74, 6) is 2.91. The van der Waals surface area contributed by atoms with Gasteiger partial charge in [0.05, 0.1) is 6.61 Å². The van der Waals surface area contributed by atoms with Gasteiger partial charge >= 0.3 is 5.97 Å². The molecule has 2 heterocycles. The predicted octanol–water partition coefficient (Wildman–Crippen LogP) is 8.32.